The second-order valence-electron chi connectivity index (χ2n) is 4.51. The van der Waals surface area contributed by atoms with Crippen LogP contribution in [0.3, 0.4) is 0 Å². The summed E-state index contributed by atoms with van der Waals surface area (Å²) in [7, 11) is 0. The monoisotopic (exact) mass is 222 g/mol. The van der Waals surface area contributed by atoms with Crippen molar-refractivity contribution in [3.8, 4) is 0 Å². The maximum Gasteiger partial charge on any atom is -0.0316 e. The van der Waals surface area contributed by atoms with Crippen LogP contribution in [0.15, 0.2) is 24.3 Å². The average Bonchev–Trinajstić information content (AvgIpc) is 2.31. The molecule has 16 heavy (non-hydrogen) atoms. The summed E-state index contributed by atoms with van der Waals surface area (Å²) in [4.78, 5) is 0. The van der Waals surface area contributed by atoms with Crippen LogP contribution < -0.4 is 0 Å². The highest BCUT2D eigenvalue weighted by atomic mass is 13.9. The Hall–Kier alpha value is -0.520. The minimum atomic E-state index is 1.22. The molecule has 0 unspecified atom stereocenters. The van der Waals surface area contributed by atoms with Crippen molar-refractivity contribution in [1.82, 2.24) is 0 Å². The van der Waals surface area contributed by atoms with Crippen molar-refractivity contribution >= 4 is 0 Å². The van der Waals surface area contributed by atoms with Gasteiger partial charge in [0.1, 0.15) is 0 Å². The van der Waals surface area contributed by atoms with Gasteiger partial charge in [-0.3, -0.25) is 0 Å². The molecule has 0 nitrogen and oxygen atoms in total. The van der Waals surface area contributed by atoms with Crippen LogP contribution in [-0.2, 0) is 0 Å². The van der Waals surface area contributed by atoms with E-state index in [0.717, 1.165) is 0 Å². The fourth-order valence-corrected chi connectivity index (χ4v) is 1.67. The van der Waals surface area contributed by atoms with Crippen molar-refractivity contribution in [3.63, 3.8) is 0 Å². The van der Waals surface area contributed by atoms with E-state index in [2.05, 4.69) is 38.2 Å². The lowest BCUT2D eigenvalue weighted by Gasteiger charge is -1.94. The summed E-state index contributed by atoms with van der Waals surface area (Å²) in [6.45, 7) is 4.51. The summed E-state index contributed by atoms with van der Waals surface area (Å²) in [5.74, 6) is 0. The second-order valence-corrected chi connectivity index (χ2v) is 4.51. The molecule has 0 heterocycles. The highest BCUT2D eigenvalue weighted by Crippen LogP contribution is 2.04. The largest absolute Gasteiger partial charge is 0.0885 e. The van der Waals surface area contributed by atoms with Gasteiger partial charge in [0.05, 0.1) is 0 Å². The van der Waals surface area contributed by atoms with Crippen LogP contribution in [-0.4, -0.2) is 0 Å². The summed E-state index contributed by atoms with van der Waals surface area (Å²) >= 11 is 0. The molecule has 0 aliphatic heterocycles. The summed E-state index contributed by atoms with van der Waals surface area (Å²) in [6.07, 6.45) is 22.5. The van der Waals surface area contributed by atoms with Crippen LogP contribution in [0.25, 0.3) is 0 Å². The molecular formula is C16H30. The zero-order valence-corrected chi connectivity index (χ0v) is 11.4. The first-order chi connectivity index (χ1) is 7.91. The average molecular weight is 222 g/mol. The van der Waals surface area contributed by atoms with Crippen molar-refractivity contribution in [2.24, 2.45) is 0 Å². The van der Waals surface area contributed by atoms with Gasteiger partial charge in [-0.25, -0.2) is 0 Å². The van der Waals surface area contributed by atoms with E-state index in [-0.39, 0.29) is 0 Å². The Labute approximate surface area is 103 Å². The normalized spacial score (nSPS) is 11.9. The smallest absolute Gasteiger partial charge is 0.0316 e. The molecule has 0 aromatic rings. The quantitative estimate of drug-likeness (QED) is 0.295. The van der Waals surface area contributed by atoms with Crippen LogP contribution in [0.5, 0.6) is 0 Å². The first kappa shape index (κ1) is 15.5. The predicted octanol–water partition coefficient (Wildman–Crippen LogP) is 6.04. The molecule has 0 aromatic carbocycles. The molecule has 0 radical (unpaired) electrons. The van der Waals surface area contributed by atoms with Gasteiger partial charge in [-0.05, 0) is 32.1 Å². The van der Waals surface area contributed by atoms with E-state index >= 15 is 0 Å². The third-order valence-electron chi connectivity index (χ3n) is 2.78. The molecule has 0 aliphatic carbocycles. The zero-order valence-electron chi connectivity index (χ0n) is 11.4. The molecule has 0 bridgehead atoms. The molecule has 0 aromatic heterocycles. The highest BCUT2D eigenvalue weighted by molar-refractivity contribution is 4.87. The standard InChI is InChI=1S/C16H30/c1-3-5-7-9-11-13-15-16-14-12-10-8-6-4-2/h9,11,14,16H,3-8,10,12-13,15H2,1-2H3/b11-9-,16-14+. The van der Waals surface area contributed by atoms with E-state index in [0.29, 0.717) is 0 Å². The first-order valence-electron chi connectivity index (χ1n) is 7.21. The molecule has 0 rings (SSSR count). The number of allylic oxidation sites excluding steroid dienone is 4. The lowest BCUT2D eigenvalue weighted by molar-refractivity contribution is 0.674. The number of hydrogen-bond acceptors (Lipinski definition) is 0. The second kappa shape index (κ2) is 14.5. The van der Waals surface area contributed by atoms with Gasteiger partial charge >= 0.3 is 0 Å². The maximum absolute atomic E-state index is 2.36. The van der Waals surface area contributed by atoms with Crippen molar-refractivity contribution in [2.45, 2.75) is 78.1 Å². The molecule has 0 saturated carbocycles. The lowest BCUT2D eigenvalue weighted by atomic mass is 10.1. The van der Waals surface area contributed by atoms with Gasteiger partial charge in [-0.1, -0.05) is 70.3 Å². The van der Waals surface area contributed by atoms with Gasteiger partial charge in [0.2, 0.25) is 0 Å². The van der Waals surface area contributed by atoms with Crippen molar-refractivity contribution in [3.05, 3.63) is 24.3 Å². The Bertz CT molecular complexity index is 165. The molecule has 0 amide bonds. The highest BCUT2D eigenvalue weighted by Gasteiger charge is 1.84. The molecule has 0 N–H and O–H groups in total. The fourth-order valence-electron chi connectivity index (χ4n) is 1.67. The summed E-state index contributed by atoms with van der Waals surface area (Å²) < 4.78 is 0. The minimum absolute atomic E-state index is 1.22. The maximum atomic E-state index is 2.36. The van der Waals surface area contributed by atoms with Crippen molar-refractivity contribution in [2.75, 3.05) is 0 Å². The molecule has 0 aliphatic rings. The molecule has 0 saturated heterocycles. The SMILES string of the molecule is CCCC/C=C\CC/C=C/CCCCCC. The fraction of sp³-hybridized carbons (Fsp3) is 0.750. The first-order valence-corrected chi connectivity index (χ1v) is 7.21. The third kappa shape index (κ3) is 13.5. The molecule has 0 heteroatoms. The van der Waals surface area contributed by atoms with Gasteiger partial charge in [0, 0.05) is 0 Å². The Morgan fingerprint density at radius 2 is 1.00 bits per heavy atom. The van der Waals surface area contributed by atoms with Crippen molar-refractivity contribution in [1.29, 1.82) is 0 Å². The number of unbranched alkanes of at least 4 members (excludes halogenated alkanes) is 7. The van der Waals surface area contributed by atoms with E-state index in [9.17, 15) is 0 Å². The van der Waals surface area contributed by atoms with Crippen LogP contribution in [0, 0.1) is 0 Å². The Kier molecular flexibility index (Phi) is 14.0. The minimum Gasteiger partial charge on any atom is -0.0885 e. The lowest BCUT2D eigenvalue weighted by Crippen LogP contribution is -1.74. The summed E-state index contributed by atoms with van der Waals surface area (Å²) in [5.41, 5.74) is 0. The van der Waals surface area contributed by atoms with Gasteiger partial charge in [-0.2, -0.15) is 0 Å². The number of hydrogen-bond donors (Lipinski definition) is 0. The van der Waals surface area contributed by atoms with Crippen LogP contribution >= 0.6 is 0 Å². The summed E-state index contributed by atoms with van der Waals surface area (Å²) in [6, 6.07) is 0. The van der Waals surface area contributed by atoms with Gasteiger partial charge < -0.3 is 0 Å². The van der Waals surface area contributed by atoms with E-state index in [1.807, 2.05) is 0 Å². The molecule has 0 spiro atoms. The van der Waals surface area contributed by atoms with Crippen molar-refractivity contribution < 1.29 is 0 Å². The van der Waals surface area contributed by atoms with Crippen LogP contribution in [0.2, 0.25) is 0 Å². The van der Waals surface area contributed by atoms with Crippen LogP contribution in [0.1, 0.15) is 78.1 Å². The van der Waals surface area contributed by atoms with Crippen LogP contribution in [0.4, 0.5) is 0 Å². The van der Waals surface area contributed by atoms with E-state index in [4.69, 9.17) is 0 Å². The number of rotatable bonds is 11. The van der Waals surface area contributed by atoms with E-state index in [1.165, 1.54) is 64.2 Å². The van der Waals surface area contributed by atoms with Gasteiger partial charge in [-0.15, -0.1) is 0 Å². The van der Waals surface area contributed by atoms with Gasteiger partial charge in [0.25, 0.3) is 0 Å². The Morgan fingerprint density at radius 1 is 0.500 bits per heavy atom. The van der Waals surface area contributed by atoms with Gasteiger partial charge in [0.15, 0.2) is 0 Å². The molecule has 0 fully saturated rings. The Balaban J connectivity index is 3.12. The topological polar surface area (TPSA) is 0 Å². The Morgan fingerprint density at radius 3 is 1.56 bits per heavy atom. The van der Waals surface area contributed by atoms with E-state index < -0.39 is 0 Å². The predicted molar refractivity (Wildman–Crippen MR) is 75.8 cm³/mol. The molecular weight excluding hydrogens is 192 g/mol. The molecule has 94 valence electrons. The van der Waals surface area contributed by atoms with E-state index in [1.54, 1.807) is 0 Å². The zero-order chi connectivity index (χ0) is 11.9. The molecule has 0 atom stereocenters. The summed E-state index contributed by atoms with van der Waals surface area (Å²) in [5, 5.41) is 0. The third-order valence-corrected chi connectivity index (χ3v) is 2.78.